The van der Waals surface area contributed by atoms with E-state index in [9.17, 15) is 4.39 Å². The number of anilines is 1. The number of nitrogens with one attached hydrogen (secondary N) is 3. The molecule has 0 aliphatic rings. The summed E-state index contributed by atoms with van der Waals surface area (Å²) in [6, 6.07) is 15.8. The maximum Gasteiger partial charge on any atom is 0.228 e. The van der Waals surface area contributed by atoms with Crippen molar-refractivity contribution < 1.29 is 9.49 Å². The van der Waals surface area contributed by atoms with Crippen molar-refractivity contribution in [2.75, 3.05) is 5.32 Å². The molecule has 3 N–H and O–H groups in total. The highest BCUT2D eigenvalue weighted by atomic mass is 32.1. The second-order valence-corrected chi connectivity index (χ2v) is 4.20. The Labute approximate surface area is 116 Å². The number of para-hydroxylation sites is 1. The van der Waals surface area contributed by atoms with Crippen molar-refractivity contribution in [3.8, 4) is 0 Å². The summed E-state index contributed by atoms with van der Waals surface area (Å²) in [6.45, 7) is 0. The van der Waals surface area contributed by atoms with Gasteiger partial charge in [0.25, 0.3) is 0 Å². The van der Waals surface area contributed by atoms with E-state index in [2.05, 4.69) is 15.8 Å². The van der Waals surface area contributed by atoms with Gasteiger partial charge in [0.1, 0.15) is 5.82 Å². The van der Waals surface area contributed by atoms with Gasteiger partial charge in [-0.2, -0.15) is 0 Å². The van der Waals surface area contributed by atoms with Crippen molar-refractivity contribution in [1.82, 2.24) is 5.43 Å². The van der Waals surface area contributed by atoms with Crippen LogP contribution >= 0.6 is 12.2 Å². The molecule has 0 aliphatic heterocycles. The highest BCUT2D eigenvalue weighted by molar-refractivity contribution is 7.80. The molecule has 0 atom stereocenters. The Morgan fingerprint density at radius 1 is 1.11 bits per heavy atom. The summed E-state index contributed by atoms with van der Waals surface area (Å²) in [5, 5.41) is 6.24. The van der Waals surface area contributed by atoms with Crippen LogP contribution in [0.3, 0.4) is 0 Å². The van der Waals surface area contributed by atoms with Crippen LogP contribution in [-0.2, 0) is 0 Å². The quantitative estimate of drug-likeness (QED) is 0.448. The van der Waals surface area contributed by atoms with E-state index in [0.717, 1.165) is 11.3 Å². The molecule has 2 aromatic carbocycles. The third-order valence-electron chi connectivity index (χ3n) is 2.30. The summed E-state index contributed by atoms with van der Waals surface area (Å²) >= 11 is 5.10. The van der Waals surface area contributed by atoms with Crippen molar-refractivity contribution in [3.05, 3.63) is 66.0 Å². The number of thiocarbonyl (C=S) groups is 1. The van der Waals surface area contributed by atoms with Gasteiger partial charge in [0.05, 0.1) is 0 Å². The first-order valence-electron chi connectivity index (χ1n) is 5.70. The number of hydrogen-bond donors (Lipinski definition) is 3. The molecule has 96 valence electrons. The van der Waals surface area contributed by atoms with E-state index in [1.165, 1.54) is 12.1 Å². The first-order valence-corrected chi connectivity index (χ1v) is 6.11. The van der Waals surface area contributed by atoms with E-state index >= 15 is 0 Å². The highest BCUT2D eigenvalue weighted by Crippen LogP contribution is 2.03. The number of benzene rings is 2. The molecule has 0 bridgehead atoms. The number of rotatable bonds is 3. The van der Waals surface area contributed by atoms with Gasteiger partial charge in [-0.3, -0.25) is 0 Å². The molecule has 0 fully saturated rings. The van der Waals surface area contributed by atoms with E-state index < -0.39 is 0 Å². The van der Waals surface area contributed by atoms with E-state index in [0.29, 0.717) is 5.11 Å². The van der Waals surface area contributed by atoms with Crippen molar-refractivity contribution in [3.63, 3.8) is 0 Å². The molecule has 2 rings (SSSR count). The van der Waals surface area contributed by atoms with Crippen LogP contribution in [0.15, 0.2) is 54.6 Å². The van der Waals surface area contributed by atoms with Gasteiger partial charge in [0.15, 0.2) is 6.21 Å². The van der Waals surface area contributed by atoms with E-state index in [1.807, 2.05) is 30.3 Å². The van der Waals surface area contributed by atoms with Gasteiger partial charge < -0.3 is 5.32 Å². The second kappa shape index (κ2) is 6.61. The van der Waals surface area contributed by atoms with Gasteiger partial charge in [0.2, 0.25) is 5.11 Å². The highest BCUT2D eigenvalue weighted by Gasteiger charge is 1.98. The van der Waals surface area contributed by atoms with Crippen LogP contribution in [-0.4, -0.2) is 11.3 Å². The molecule has 0 radical (unpaired) electrons. The van der Waals surface area contributed by atoms with E-state index in [1.54, 1.807) is 18.3 Å². The van der Waals surface area contributed by atoms with Crippen molar-refractivity contribution in [2.24, 2.45) is 0 Å². The first kappa shape index (κ1) is 13.2. The Hall–Kier alpha value is -2.27. The van der Waals surface area contributed by atoms with Gasteiger partial charge in [-0.1, -0.05) is 24.3 Å². The Balaban J connectivity index is 1.87. The Morgan fingerprint density at radius 3 is 2.63 bits per heavy atom. The van der Waals surface area contributed by atoms with Gasteiger partial charge >= 0.3 is 0 Å². The minimum atomic E-state index is -0.277. The minimum Gasteiger partial charge on any atom is -0.328 e. The smallest absolute Gasteiger partial charge is 0.228 e. The molecule has 5 heteroatoms. The number of hydrazine groups is 1. The van der Waals surface area contributed by atoms with Crippen LogP contribution in [0.5, 0.6) is 0 Å². The average Bonchev–Trinajstić information content (AvgIpc) is 2.40. The fourth-order valence-corrected chi connectivity index (χ4v) is 1.64. The van der Waals surface area contributed by atoms with Crippen LogP contribution in [0.2, 0.25) is 0 Å². The van der Waals surface area contributed by atoms with Gasteiger partial charge in [0, 0.05) is 11.3 Å². The summed E-state index contributed by atoms with van der Waals surface area (Å²) in [4.78, 5) is 0. The second-order valence-electron chi connectivity index (χ2n) is 3.79. The van der Waals surface area contributed by atoms with Crippen LogP contribution in [0.4, 0.5) is 10.1 Å². The predicted octanol–water partition coefficient (Wildman–Crippen LogP) is 1.23. The van der Waals surface area contributed by atoms with Crippen LogP contribution in [0.25, 0.3) is 0 Å². The van der Waals surface area contributed by atoms with Crippen LogP contribution in [0, 0.1) is 5.82 Å². The molecule has 0 amide bonds. The molecule has 0 saturated heterocycles. The van der Waals surface area contributed by atoms with Gasteiger partial charge in [-0.15, -0.1) is 10.5 Å². The molecule has 2 aromatic rings. The average molecular weight is 274 g/mol. The molecule has 0 aromatic heterocycles. The lowest BCUT2D eigenvalue weighted by Crippen LogP contribution is -2.82. The monoisotopic (exact) mass is 274 g/mol. The van der Waals surface area contributed by atoms with E-state index in [-0.39, 0.29) is 5.82 Å². The molecule has 0 unspecified atom stereocenters. The number of hydrogen-bond acceptors (Lipinski definition) is 1. The topological polar surface area (TPSA) is 38.0 Å². The number of halogens is 1. The van der Waals surface area contributed by atoms with Gasteiger partial charge in [-0.25, -0.2) is 4.39 Å². The predicted molar refractivity (Wildman–Crippen MR) is 78.3 cm³/mol. The van der Waals surface area contributed by atoms with Crippen molar-refractivity contribution >= 4 is 29.2 Å². The first-order chi connectivity index (χ1) is 9.24. The summed E-state index contributed by atoms with van der Waals surface area (Å²) in [5.41, 5.74) is 4.40. The molecule has 0 aliphatic carbocycles. The lowest BCUT2D eigenvalue weighted by molar-refractivity contribution is -0.499. The largest absolute Gasteiger partial charge is 0.328 e. The molecule has 3 nitrogen and oxygen atoms in total. The Kier molecular flexibility index (Phi) is 4.58. The lowest BCUT2D eigenvalue weighted by Gasteiger charge is -2.03. The lowest BCUT2D eigenvalue weighted by atomic mass is 10.2. The van der Waals surface area contributed by atoms with E-state index in [4.69, 9.17) is 12.2 Å². The van der Waals surface area contributed by atoms with Crippen LogP contribution < -0.4 is 15.8 Å². The summed E-state index contributed by atoms with van der Waals surface area (Å²) in [5.74, 6) is -0.277. The van der Waals surface area contributed by atoms with Crippen LogP contribution in [0.1, 0.15) is 5.56 Å². The fourth-order valence-electron chi connectivity index (χ4n) is 1.47. The zero-order valence-electron chi connectivity index (χ0n) is 10.1. The third-order valence-corrected chi connectivity index (χ3v) is 2.51. The van der Waals surface area contributed by atoms with Gasteiger partial charge in [-0.05, 0) is 42.5 Å². The Bertz CT molecular complexity index is 584. The zero-order valence-corrected chi connectivity index (χ0v) is 10.9. The standard InChI is InChI=1S/C14H12FN3S/c15-12-6-4-5-11(9-12)10-16-18-14(19)17-13-7-2-1-3-8-13/h1-10H,(H2,17,18,19)/p+1. The molecular formula is C14H13FN3S+. The number of hydrazone groups is 1. The maximum absolute atomic E-state index is 12.9. The molecule has 0 heterocycles. The Morgan fingerprint density at radius 2 is 1.89 bits per heavy atom. The molecular weight excluding hydrogens is 261 g/mol. The third kappa shape index (κ3) is 4.48. The van der Waals surface area contributed by atoms with Crippen molar-refractivity contribution in [1.29, 1.82) is 0 Å². The molecule has 0 spiro atoms. The van der Waals surface area contributed by atoms with Crippen molar-refractivity contribution in [2.45, 2.75) is 0 Å². The summed E-state index contributed by atoms with van der Waals surface area (Å²) in [7, 11) is 0. The maximum atomic E-state index is 12.9. The minimum absolute atomic E-state index is 0.277. The zero-order chi connectivity index (χ0) is 13.5. The summed E-state index contributed by atoms with van der Waals surface area (Å²) in [6.07, 6.45) is 1.63. The molecule has 0 saturated carbocycles. The molecule has 19 heavy (non-hydrogen) atoms. The summed E-state index contributed by atoms with van der Waals surface area (Å²) < 4.78 is 12.9. The SMILES string of the molecule is Fc1cccc(C=[NH+]NC(=S)Nc2ccccc2)c1. The normalized spacial score (nSPS) is 10.4. The fraction of sp³-hybridized carbons (Fsp3) is 0.